The Morgan fingerprint density at radius 2 is 1.43 bits per heavy atom. The van der Waals surface area contributed by atoms with Crippen LogP contribution in [0, 0.1) is 0 Å². The molecule has 3 amide bonds. The Morgan fingerprint density at radius 3 is 1.98 bits per heavy atom. The second kappa shape index (κ2) is 20.4. The van der Waals surface area contributed by atoms with Crippen LogP contribution in [0.15, 0.2) is 6.20 Å². The van der Waals surface area contributed by atoms with E-state index >= 15 is 0 Å². The van der Waals surface area contributed by atoms with Gasteiger partial charge in [-0.25, -0.2) is 0 Å². The van der Waals surface area contributed by atoms with E-state index in [0.717, 1.165) is 12.1 Å². The third-order valence-corrected chi connectivity index (χ3v) is 8.27. The molecular formula is C25H49N10O6P. The van der Waals surface area contributed by atoms with Crippen LogP contribution < -0.4 is 26.6 Å². The fraction of sp³-hybridized carbons (Fsp3) is 0.800. The van der Waals surface area contributed by atoms with Crippen molar-refractivity contribution in [2.45, 2.75) is 32.7 Å². The zero-order chi connectivity index (χ0) is 30.6. The monoisotopic (exact) mass is 616 g/mol. The van der Waals surface area contributed by atoms with Crippen LogP contribution in [0.3, 0.4) is 0 Å². The summed E-state index contributed by atoms with van der Waals surface area (Å²) in [5.41, 5.74) is 0.749. The molecule has 2 heterocycles. The highest BCUT2D eigenvalue weighted by molar-refractivity contribution is 7.53. The van der Waals surface area contributed by atoms with E-state index < -0.39 is 7.60 Å². The summed E-state index contributed by atoms with van der Waals surface area (Å²) < 4.78 is 23.5. The van der Waals surface area contributed by atoms with E-state index in [4.69, 9.17) is 9.05 Å². The largest absolute Gasteiger partial charge is 0.356 e. The normalized spacial score (nSPS) is 16.3. The Labute approximate surface area is 248 Å². The summed E-state index contributed by atoms with van der Waals surface area (Å²) >= 11 is 0. The summed E-state index contributed by atoms with van der Waals surface area (Å²) in [6.07, 6.45) is 3.44. The van der Waals surface area contributed by atoms with E-state index in [0.29, 0.717) is 84.8 Å². The van der Waals surface area contributed by atoms with Gasteiger partial charge in [-0.15, -0.1) is 5.10 Å². The van der Waals surface area contributed by atoms with Gasteiger partial charge in [-0.3, -0.25) is 33.4 Å². The van der Waals surface area contributed by atoms with Gasteiger partial charge in [0.05, 0.1) is 25.3 Å². The number of hydrogen-bond acceptors (Lipinski definition) is 12. The van der Waals surface area contributed by atoms with E-state index in [2.05, 4.69) is 41.8 Å². The van der Waals surface area contributed by atoms with Crippen LogP contribution in [-0.2, 0) is 41.0 Å². The molecule has 0 aromatic carbocycles. The molecule has 1 fully saturated rings. The molecule has 1 aromatic rings. The van der Waals surface area contributed by atoms with Gasteiger partial charge in [0.1, 0.15) is 6.29 Å². The van der Waals surface area contributed by atoms with Gasteiger partial charge in [0, 0.05) is 98.7 Å². The summed E-state index contributed by atoms with van der Waals surface area (Å²) in [7, 11) is -0.724. The summed E-state index contributed by atoms with van der Waals surface area (Å²) in [5.74, 6) is -0.294. The second-order valence-corrected chi connectivity index (χ2v) is 12.2. The van der Waals surface area contributed by atoms with Gasteiger partial charge in [-0.05, 0) is 6.42 Å². The van der Waals surface area contributed by atoms with Gasteiger partial charge < -0.3 is 35.6 Å². The topological polar surface area (TPSA) is 184 Å². The van der Waals surface area contributed by atoms with E-state index in [1.165, 1.54) is 14.2 Å². The summed E-state index contributed by atoms with van der Waals surface area (Å²) in [6, 6.07) is 0. The maximum Gasteiger partial charge on any atom is 0.349 e. The van der Waals surface area contributed by atoms with Crippen LogP contribution >= 0.6 is 7.60 Å². The fourth-order valence-corrected chi connectivity index (χ4v) is 4.89. The van der Waals surface area contributed by atoms with Gasteiger partial charge in [0.2, 0.25) is 17.7 Å². The number of aromatic nitrogens is 3. The number of nitrogens with one attached hydrogen (secondary N) is 5. The molecule has 42 heavy (non-hydrogen) atoms. The average Bonchev–Trinajstić information content (AvgIpc) is 3.43. The summed E-state index contributed by atoms with van der Waals surface area (Å²) in [5, 5.41) is 23.4. The Balaban J connectivity index is 1.66. The molecule has 0 unspecified atom stereocenters. The van der Waals surface area contributed by atoms with E-state index in [-0.39, 0.29) is 37.1 Å². The highest BCUT2D eigenvalue weighted by Gasteiger charge is 2.22. The Morgan fingerprint density at radius 1 is 0.881 bits per heavy atom. The molecule has 5 N–H and O–H groups in total. The highest BCUT2D eigenvalue weighted by atomic mass is 31.2. The molecule has 1 aliphatic rings. The molecule has 0 bridgehead atoms. The lowest BCUT2D eigenvalue weighted by Crippen LogP contribution is -2.47. The van der Waals surface area contributed by atoms with Gasteiger partial charge in [0.25, 0.3) is 0 Å². The first-order chi connectivity index (χ1) is 20.3. The number of carbonyl (C=O) groups is 3. The molecule has 1 aromatic heterocycles. The molecule has 17 heteroatoms. The minimum Gasteiger partial charge on any atom is -0.356 e. The maximum absolute atomic E-state index is 12.6. The highest BCUT2D eigenvalue weighted by Crippen LogP contribution is 2.44. The van der Waals surface area contributed by atoms with E-state index in [9.17, 15) is 18.9 Å². The van der Waals surface area contributed by atoms with Crippen molar-refractivity contribution in [2.24, 2.45) is 0 Å². The molecule has 240 valence electrons. The predicted molar refractivity (Wildman–Crippen MR) is 158 cm³/mol. The Hall–Kier alpha value is -2.46. The zero-order valence-corrected chi connectivity index (χ0v) is 26.1. The van der Waals surface area contributed by atoms with Crippen molar-refractivity contribution < 1.29 is 28.0 Å². The minimum atomic E-state index is -3.30. The van der Waals surface area contributed by atoms with Gasteiger partial charge >= 0.3 is 7.60 Å². The number of amides is 3. The summed E-state index contributed by atoms with van der Waals surface area (Å²) in [4.78, 5) is 40.8. The van der Waals surface area contributed by atoms with Gasteiger partial charge in [-0.1, -0.05) is 12.1 Å². The number of carbonyl (C=O) groups excluding carboxylic acids is 3. The molecule has 0 radical (unpaired) electrons. The number of aryl methyl sites for hydroxylation is 1. The molecule has 0 saturated carbocycles. The number of rotatable bonds is 16. The lowest BCUT2D eigenvalue weighted by atomic mass is 10.2. The van der Waals surface area contributed by atoms with Crippen molar-refractivity contribution in [1.82, 2.24) is 51.4 Å². The van der Waals surface area contributed by atoms with Crippen molar-refractivity contribution in [2.75, 3.05) is 99.0 Å². The Kier molecular flexibility index (Phi) is 17.4. The van der Waals surface area contributed by atoms with E-state index in [1.54, 1.807) is 4.68 Å². The van der Waals surface area contributed by atoms with Crippen LogP contribution in [0.25, 0.3) is 0 Å². The SMILES string of the molecule is CCCNC(=O)CCc1cn(CCNC(=O)CN2CCNCCN(CC(=O)NCP(=O)(OC)OC)CCNCC2)nn1. The average molecular weight is 617 g/mol. The molecule has 0 aliphatic carbocycles. The molecule has 2 rings (SSSR count). The predicted octanol–water partition coefficient (Wildman–Crippen LogP) is -1.79. The molecule has 1 saturated heterocycles. The summed E-state index contributed by atoms with van der Waals surface area (Å²) in [6.45, 7) is 9.60. The maximum atomic E-state index is 12.6. The minimum absolute atomic E-state index is 0.00798. The smallest absolute Gasteiger partial charge is 0.349 e. The van der Waals surface area contributed by atoms with Crippen LogP contribution in [0.2, 0.25) is 0 Å². The zero-order valence-electron chi connectivity index (χ0n) is 25.2. The van der Waals surface area contributed by atoms with Crippen LogP contribution in [0.1, 0.15) is 25.5 Å². The van der Waals surface area contributed by atoms with Crippen molar-refractivity contribution >= 4 is 25.3 Å². The van der Waals surface area contributed by atoms with Crippen LogP contribution in [0.4, 0.5) is 0 Å². The molecule has 0 atom stereocenters. The van der Waals surface area contributed by atoms with Crippen molar-refractivity contribution in [1.29, 1.82) is 0 Å². The first-order valence-electron chi connectivity index (χ1n) is 14.5. The Bertz CT molecular complexity index is 975. The van der Waals surface area contributed by atoms with Crippen molar-refractivity contribution in [3.63, 3.8) is 0 Å². The number of nitrogens with zero attached hydrogens (tertiary/aromatic N) is 5. The molecule has 0 spiro atoms. The van der Waals surface area contributed by atoms with Crippen molar-refractivity contribution in [3.05, 3.63) is 11.9 Å². The van der Waals surface area contributed by atoms with Crippen LogP contribution in [0.5, 0.6) is 0 Å². The molecular weight excluding hydrogens is 567 g/mol. The quantitative estimate of drug-likeness (QED) is 0.132. The number of hydrogen-bond donors (Lipinski definition) is 5. The third-order valence-electron chi connectivity index (χ3n) is 6.61. The third kappa shape index (κ3) is 15.1. The van der Waals surface area contributed by atoms with Gasteiger partial charge in [0.15, 0.2) is 0 Å². The second-order valence-electron chi connectivity index (χ2n) is 9.96. The first kappa shape index (κ1) is 35.7. The van der Waals surface area contributed by atoms with Crippen molar-refractivity contribution in [3.8, 4) is 0 Å². The molecule has 1 aliphatic heterocycles. The fourth-order valence-electron chi connectivity index (χ4n) is 4.11. The first-order valence-corrected chi connectivity index (χ1v) is 16.3. The lowest BCUT2D eigenvalue weighted by molar-refractivity contribution is -0.122. The lowest BCUT2D eigenvalue weighted by Gasteiger charge is -2.26. The van der Waals surface area contributed by atoms with Crippen LogP contribution in [-0.4, -0.2) is 142 Å². The molecule has 16 nitrogen and oxygen atoms in total. The van der Waals surface area contributed by atoms with E-state index in [1.807, 2.05) is 18.0 Å². The van der Waals surface area contributed by atoms with Gasteiger partial charge in [-0.2, -0.15) is 0 Å². The standard InChI is InChI=1S/C25H49N10O6P/c1-4-7-28-23(36)6-5-22-18-35(32-31-22)17-12-29-24(37)19-33-13-8-26-10-15-34(16-11-27-9-14-33)20-25(38)30-21-42(39,40-2)41-3/h18,26-27H,4-17,19-21H2,1-3H3,(H,28,36)(H,29,37)(H,30,38).